The number of rotatable bonds is 4. The van der Waals surface area contributed by atoms with E-state index in [9.17, 15) is 4.79 Å². The maximum atomic E-state index is 11.7. The van der Waals surface area contributed by atoms with E-state index in [0.29, 0.717) is 6.54 Å². The molecule has 0 spiro atoms. The summed E-state index contributed by atoms with van der Waals surface area (Å²) in [4.78, 5) is 21.3. The van der Waals surface area contributed by atoms with Gasteiger partial charge in [-0.2, -0.15) is 0 Å². The molecule has 1 aliphatic heterocycles. The summed E-state index contributed by atoms with van der Waals surface area (Å²) in [5, 5.41) is 4.60. The molecule has 5 nitrogen and oxygen atoms in total. The summed E-state index contributed by atoms with van der Waals surface area (Å²) in [5.41, 5.74) is 4.15. The van der Waals surface area contributed by atoms with Crippen molar-refractivity contribution in [2.24, 2.45) is 0 Å². The molecule has 0 bridgehead atoms. The fraction of sp³-hybridized carbons (Fsp3) is 0.200. The van der Waals surface area contributed by atoms with E-state index in [1.807, 2.05) is 35.5 Å². The minimum Gasteiger partial charge on any atom is -0.379 e. The summed E-state index contributed by atoms with van der Waals surface area (Å²) in [6.45, 7) is 5.01. The lowest BCUT2D eigenvalue weighted by Gasteiger charge is -2.16. The van der Waals surface area contributed by atoms with Crippen molar-refractivity contribution in [2.75, 3.05) is 18.4 Å². The van der Waals surface area contributed by atoms with Crippen LogP contribution in [0.3, 0.4) is 0 Å². The van der Waals surface area contributed by atoms with Crippen LogP contribution in [0.15, 0.2) is 61.4 Å². The van der Waals surface area contributed by atoms with Crippen molar-refractivity contribution in [1.82, 2.24) is 14.9 Å². The molecular formula is C20H20N4O. The van der Waals surface area contributed by atoms with Crippen LogP contribution in [0.1, 0.15) is 6.42 Å². The summed E-state index contributed by atoms with van der Waals surface area (Å²) >= 11 is 0. The van der Waals surface area contributed by atoms with E-state index in [4.69, 9.17) is 0 Å². The second-order valence-corrected chi connectivity index (χ2v) is 6.31. The van der Waals surface area contributed by atoms with Gasteiger partial charge in [-0.3, -0.25) is 4.79 Å². The smallest absolute Gasteiger partial charge is 0.246 e. The maximum absolute atomic E-state index is 11.7. The largest absolute Gasteiger partial charge is 0.379 e. The SMILES string of the molecule is C=CC(=O)N1CC[C@H](Nc2cnc3[nH]cc(-c4ccccc4)c3c2)C1. The van der Waals surface area contributed by atoms with Crippen molar-refractivity contribution in [3.63, 3.8) is 0 Å². The Hall–Kier alpha value is -3.08. The summed E-state index contributed by atoms with van der Waals surface area (Å²) in [7, 11) is 0. The van der Waals surface area contributed by atoms with Crippen LogP contribution < -0.4 is 5.32 Å². The molecule has 5 heteroatoms. The van der Waals surface area contributed by atoms with Gasteiger partial charge in [0.05, 0.1) is 11.9 Å². The van der Waals surface area contributed by atoms with Gasteiger partial charge in [-0.05, 0) is 24.1 Å². The Morgan fingerprint density at radius 3 is 3.00 bits per heavy atom. The van der Waals surface area contributed by atoms with Gasteiger partial charge in [0.1, 0.15) is 5.65 Å². The van der Waals surface area contributed by atoms with Crippen molar-refractivity contribution < 1.29 is 4.79 Å². The number of carbonyl (C=O) groups is 1. The maximum Gasteiger partial charge on any atom is 0.246 e. The third-order valence-corrected chi connectivity index (χ3v) is 4.66. The number of anilines is 1. The fourth-order valence-corrected chi connectivity index (χ4v) is 3.38. The zero-order valence-corrected chi connectivity index (χ0v) is 13.9. The lowest BCUT2D eigenvalue weighted by molar-refractivity contribution is -0.125. The molecule has 1 aliphatic rings. The molecule has 1 amide bonds. The zero-order valence-electron chi connectivity index (χ0n) is 13.9. The summed E-state index contributed by atoms with van der Waals surface area (Å²) in [5.74, 6) is -0.00474. The molecule has 3 heterocycles. The molecule has 0 saturated carbocycles. The summed E-state index contributed by atoms with van der Waals surface area (Å²) < 4.78 is 0. The fourth-order valence-electron chi connectivity index (χ4n) is 3.38. The van der Waals surface area contributed by atoms with Crippen molar-refractivity contribution in [1.29, 1.82) is 0 Å². The van der Waals surface area contributed by atoms with E-state index < -0.39 is 0 Å². The van der Waals surface area contributed by atoms with Crippen molar-refractivity contribution in [3.05, 3.63) is 61.4 Å². The first-order valence-corrected chi connectivity index (χ1v) is 8.45. The molecule has 25 heavy (non-hydrogen) atoms. The Kier molecular flexibility index (Phi) is 3.98. The number of aromatic nitrogens is 2. The number of nitrogens with zero attached hydrogens (tertiary/aromatic N) is 2. The normalized spacial score (nSPS) is 17.0. The molecule has 3 aromatic rings. The van der Waals surface area contributed by atoms with Crippen molar-refractivity contribution >= 4 is 22.6 Å². The molecule has 0 unspecified atom stereocenters. The van der Waals surface area contributed by atoms with E-state index >= 15 is 0 Å². The van der Waals surface area contributed by atoms with Crippen molar-refractivity contribution in [3.8, 4) is 11.1 Å². The highest BCUT2D eigenvalue weighted by Gasteiger charge is 2.24. The Morgan fingerprint density at radius 1 is 1.36 bits per heavy atom. The number of amides is 1. The first-order chi connectivity index (χ1) is 12.2. The number of pyridine rings is 1. The van der Waals surface area contributed by atoms with Gasteiger partial charge in [0.2, 0.25) is 5.91 Å². The third-order valence-electron chi connectivity index (χ3n) is 4.66. The number of H-pyrrole nitrogens is 1. The van der Waals surface area contributed by atoms with Gasteiger partial charge >= 0.3 is 0 Å². The third kappa shape index (κ3) is 3.01. The first-order valence-electron chi connectivity index (χ1n) is 8.45. The van der Waals surface area contributed by atoms with E-state index in [0.717, 1.165) is 40.8 Å². The molecule has 1 saturated heterocycles. The molecular weight excluding hydrogens is 312 g/mol. The quantitative estimate of drug-likeness (QED) is 0.720. The Labute approximate surface area is 146 Å². The first kappa shape index (κ1) is 15.4. The molecule has 1 fully saturated rings. The highest BCUT2D eigenvalue weighted by molar-refractivity contribution is 5.95. The molecule has 0 radical (unpaired) electrons. The average molecular weight is 332 g/mol. The van der Waals surface area contributed by atoms with Gasteiger partial charge in [-0.15, -0.1) is 0 Å². The van der Waals surface area contributed by atoms with Crippen LogP contribution in [0.4, 0.5) is 5.69 Å². The number of fused-ring (bicyclic) bond motifs is 1. The lowest BCUT2D eigenvalue weighted by atomic mass is 10.1. The number of benzene rings is 1. The molecule has 2 aromatic heterocycles. The number of nitrogens with one attached hydrogen (secondary N) is 2. The topological polar surface area (TPSA) is 61.0 Å². The average Bonchev–Trinajstić information content (AvgIpc) is 3.28. The number of hydrogen-bond donors (Lipinski definition) is 2. The second kappa shape index (κ2) is 6.43. The van der Waals surface area contributed by atoms with E-state index in [2.05, 4.69) is 40.1 Å². The minimum atomic E-state index is -0.00474. The lowest BCUT2D eigenvalue weighted by Crippen LogP contribution is -2.30. The van der Waals surface area contributed by atoms with Gasteiger partial charge in [0, 0.05) is 36.3 Å². The predicted molar refractivity (Wildman–Crippen MR) is 100 cm³/mol. The van der Waals surface area contributed by atoms with Crippen LogP contribution in [0, 0.1) is 0 Å². The predicted octanol–water partition coefficient (Wildman–Crippen LogP) is 3.43. The standard InChI is InChI=1S/C20H20N4O/c1-2-19(25)24-9-8-15(13-24)23-16-10-17-18(12-22-20(17)21-11-16)14-6-4-3-5-7-14/h2-7,10-12,15,23H,1,8-9,13H2,(H,21,22)/t15-/m0/s1. The van der Waals surface area contributed by atoms with E-state index in [-0.39, 0.29) is 11.9 Å². The van der Waals surface area contributed by atoms with Crippen LogP contribution in [-0.4, -0.2) is 39.9 Å². The number of hydrogen-bond acceptors (Lipinski definition) is 3. The van der Waals surface area contributed by atoms with Crippen LogP contribution in [-0.2, 0) is 4.79 Å². The van der Waals surface area contributed by atoms with Gasteiger partial charge in [0.25, 0.3) is 0 Å². The second-order valence-electron chi connectivity index (χ2n) is 6.31. The molecule has 1 aromatic carbocycles. The molecule has 2 N–H and O–H groups in total. The number of carbonyl (C=O) groups excluding carboxylic acids is 1. The summed E-state index contributed by atoms with van der Waals surface area (Å²) in [6, 6.07) is 12.6. The van der Waals surface area contributed by atoms with Crippen LogP contribution >= 0.6 is 0 Å². The highest BCUT2D eigenvalue weighted by atomic mass is 16.2. The minimum absolute atomic E-state index is 0.00474. The van der Waals surface area contributed by atoms with Crippen LogP contribution in [0.2, 0.25) is 0 Å². The Bertz CT molecular complexity index is 916. The van der Waals surface area contributed by atoms with E-state index in [1.54, 1.807) is 0 Å². The van der Waals surface area contributed by atoms with Gasteiger partial charge < -0.3 is 15.2 Å². The molecule has 4 rings (SSSR count). The van der Waals surface area contributed by atoms with Crippen molar-refractivity contribution in [2.45, 2.75) is 12.5 Å². The van der Waals surface area contributed by atoms with E-state index in [1.165, 1.54) is 6.08 Å². The number of likely N-dealkylation sites (tertiary alicyclic amines) is 1. The van der Waals surface area contributed by atoms with Gasteiger partial charge in [-0.25, -0.2) is 4.98 Å². The molecule has 0 aliphatic carbocycles. The Morgan fingerprint density at radius 2 is 2.20 bits per heavy atom. The Balaban J connectivity index is 1.57. The van der Waals surface area contributed by atoms with Gasteiger partial charge in [0.15, 0.2) is 0 Å². The summed E-state index contributed by atoms with van der Waals surface area (Å²) in [6.07, 6.45) is 6.14. The monoisotopic (exact) mass is 332 g/mol. The zero-order chi connectivity index (χ0) is 17.2. The van der Waals surface area contributed by atoms with Crippen LogP contribution in [0.25, 0.3) is 22.2 Å². The van der Waals surface area contributed by atoms with Crippen LogP contribution in [0.5, 0.6) is 0 Å². The molecule has 1 atom stereocenters. The highest BCUT2D eigenvalue weighted by Crippen LogP contribution is 2.29. The van der Waals surface area contributed by atoms with Gasteiger partial charge in [-0.1, -0.05) is 36.9 Å². The number of aromatic amines is 1. The molecule has 126 valence electrons.